The van der Waals surface area contributed by atoms with Gasteiger partial charge in [0.1, 0.15) is 11.6 Å². The Hall–Kier alpha value is -3.08. The second-order valence-electron chi connectivity index (χ2n) is 7.04. The van der Waals surface area contributed by atoms with Crippen molar-refractivity contribution in [3.8, 4) is 11.1 Å². The normalized spacial score (nSPS) is 14.2. The van der Waals surface area contributed by atoms with Crippen LogP contribution in [-0.4, -0.2) is 23.1 Å². The molecule has 0 bridgehead atoms. The van der Waals surface area contributed by atoms with Crippen molar-refractivity contribution in [2.75, 3.05) is 29.0 Å². The van der Waals surface area contributed by atoms with Gasteiger partial charge in [-0.2, -0.15) is 9.97 Å². The van der Waals surface area contributed by atoms with Crippen LogP contribution in [0.25, 0.3) is 11.1 Å². The fourth-order valence-corrected chi connectivity index (χ4v) is 3.50. The molecule has 27 heavy (non-hydrogen) atoms. The number of para-hydroxylation sites is 1. The summed E-state index contributed by atoms with van der Waals surface area (Å²) in [4.78, 5) is 11.8. The summed E-state index contributed by atoms with van der Waals surface area (Å²) < 4.78 is 0. The van der Waals surface area contributed by atoms with E-state index in [1.54, 1.807) is 0 Å². The molecule has 5 heteroatoms. The third kappa shape index (κ3) is 3.87. The third-order valence-corrected chi connectivity index (χ3v) is 4.94. The Morgan fingerprint density at radius 3 is 2.30 bits per heavy atom. The highest BCUT2D eigenvalue weighted by Crippen LogP contribution is 2.36. The van der Waals surface area contributed by atoms with Crippen molar-refractivity contribution in [1.29, 1.82) is 0 Å². The first-order chi connectivity index (χ1) is 13.2. The van der Waals surface area contributed by atoms with E-state index >= 15 is 0 Å². The minimum Gasteiger partial charge on any atom is -0.383 e. The Morgan fingerprint density at radius 2 is 1.59 bits per heavy atom. The van der Waals surface area contributed by atoms with Crippen LogP contribution in [0.5, 0.6) is 0 Å². The molecule has 1 aliphatic heterocycles. The molecule has 5 nitrogen and oxygen atoms in total. The molecule has 0 atom stereocenters. The lowest BCUT2D eigenvalue weighted by Crippen LogP contribution is -2.31. The SMILES string of the molecule is Cc1ccc(-c2c(N)nc(Nc3ccccc3)nc2N2CCCCC2)cc1. The molecular weight excluding hydrogens is 334 g/mol. The van der Waals surface area contributed by atoms with E-state index in [4.69, 9.17) is 10.7 Å². The van der Waals surface area contributed by atoms with Gasteiger partial charge in [0.2, 0.25) is 5.95 Å². The number of nitrogens with two attached hydrogens (primary N) is 1. The molecule has 0 unspecified atom stereocenters. The van der Waals surface area contributed by atoms with Crippen molar-refractivity contribution in [1.82, 2.24) is 9.97 Å². The molecule has 3 N–H and O–H groups in total. The molecule has 0 aliphatic carbocycles. The van der Waals surface area contributed by atoms with Crippen LogP contribution < -0.4 is 16.0 Å². The van der Waals surface area contributed by atoms with Crippen molar-refractivity contribution < 1.29 is 0 Å². The topological polar surface area (TPSA) is 67.1 Å². The number of benzene rings is 2. The zero-order valence-electron chi connectivity index (χ0n) is 15.7. The largest absolute Gasteiger partial charge is 0.383 e. The molecule has 1 aliphatic rings. The van der Waals surface area contributed by atoms with E-state index < -0.39 is 0 Å². The molecule has 1 fully saturated rings. The van der Waals surface area contributed by atoms with E-state index in [2.05, 4.69) is 46.4 Å². The fourth-order valence-electron chi connectivity index (χ4n) is 3.50. The van der Waals surface area contributed by atoms with Gasteiger partial charge < -0.3 is 16.0 Å². The Kier molecular flexibility index (Phi) is 4.92. The van der Waals surface area contributed by atoms with Crippen molar-refractivity contribution in [3.63, 3.8) is 0 Å². The molecule has 1 saturated heterocycles. The molecule has 1 aromatic heterocycles. The van der Waals surface area contributed by atoms with Crippen LogP contribution >= 0.6 is 0 Å². The van der Waals surface area contributed by atoms with Gasteiger partial charge in [0, 0.05) is 18.8 Å². The molecule has 0 saturated carbocycles. The summed E-state index contributed by atoms with van der Waals surface area (Å²) in [5.74, 6) is 1.97. The summed E-state index contributed by atoms with van der Waals surface area (Å²) in [7, 11) is 0. The predicted octanol–water partition coefficient (Wildman–Crippen LogP) is 4.77. The van der Waals surface area contributed by atoms with Crippen LogP contribution in [0.3, 0.4) is 0 Å². The van der Waals surface area contributed by atoms with Gasteiger partial charge in [0.15, 0.2) is 0 Å². The van der Waals surface area contributed by atoms with Crippen molar-refractivity contribution in [2.24, 2.45) is 0 Å². The Labute approximate surface area is 160 Å². The number of nitrogen functional groups attached to an aromatic ring is 1. The quantitative estimate of drug-likeness (QED) is 0.702. The van der Waals surface area contributed by atoms with Crippen molar-refractivity contribution in [2.45, 2.75) is 26.2 Å². The lowest BCUT2D eigenvalue weighted by molar-refractivity contribution is 0.574. The average Bonchev–Trinajstić information content (AvgIpc) is 2.70. The highest BCUT2D eigenvalue weighted by Gasteiger charge is 2.21. The van der Waals surface area contributed by atoms with Crippen molar-refractivity contribution in [3.05, 3.63) is 60.2 Å². The Balaban J connectivity index is 1.78. The van der Waals surface area contributed by atoms with Crippen molar-refractivity contribution >= 4 is 23.3 Å². The second-order valence-corrected chi connectivity index (χ2v) is 7.04. The first-order valence-corrected chi connectivity index (χ1v) is 9.52. The Bertz CT molecular complexity index is 900. The number of anilines is 4. The summed E-state index contributed by atoms with van der Waals surface area (Å²) in [6, 6.07) is 18.3. The van der Waals surface area contributed by atoms with Crippen LogP contribution in [0.2, 0.25) is 0 Å². The lowest BCUT2D eigenvalue weighted by Gasteiger charge is -2.30. The smallest absolute Gasteiger partial charge is 0.231 e. The fraction of sp³-hybridized carbons (Fsp3) is 0.273. The molecule has 2 heterocycles. The monoisotopic (exact) mass is 359 g/mol. The summed E-state index contributed by atoms with van der Waals surface area (Å²) in [6.07, 6.45) is 3.63. The molecular formula is C22H25N5. The van der Waals surface area contributed by atoms with Gasteiger partial charge in [0.25, 0.3) is 0 Å². The summed E-state index contributed by atoms with van der Waals surface area (Å²) in [6.45, 7) is 4.09. The third-order valence-electron chi connectivity index (χ3n) is 4.94. The summed E-state index contributed by atoms with van der Waals surface area (Å²) >= 11 is 0. The van der Waals surface area contributed by atoms with Gasteiger partial charge in [-0.1, -0.05) is 48.0 Å². The standard InChI is InChI=1S/C22H25N5/c1-16-10-12-17(13-11-16)19-20(23)25-22(24-18-8-4-2-5-9-18)26-21(19)27-14-6-3-7-15-27/h2,4-5,8-13H,3,6-7,14-15H2,1H3,(H3,23,24,25,26). The number of aromatic nitrogens is 2. The van der Waals surface area contributed by atoms with E-state index in [1.807, 2.05) is 30.3 Å². The zero-order chi connectivity index (χ0) is 18.6. The Morgan fingerprint density at radius 1 is 0.889 bits per heavy atom. The second kappa shape index (κ2) is 7.66. The maximum Gasteiger partial charge on any atom is 0.231 e. The molecule has 138 valence electrons. The van der Waals surface area contributed by atoms with Gasteiger partial charge in [0.05, 0.1) is 5.56 Å². The molecule has 2 aromatic carbocycles. The molecule has 0 spiro atoms. The molecule has 4 rings (SSSR count). The van der Waals surface area contributed by atoms with Crippen LogP contribution in [-0.2, 0) is 0 Å². The van der Waals surface area contributed by atoms with E-state index in [0.29, 0.717) is 11.8 Å². The maximum absolute atomic E-state index is 6.43. The maximum atomic E-state index is 6.43. The van der Waals surface area contributed by atoms with Crippen LogP contribution in [0.1, 0.15) is 24.8 Å². The van der Waals surface area contributed by atoms with E-state index in [0.717, 1.165) is 35.7 Å². The average molecular weight is 359 g/mol. The number of aryl methyl sites for hydroxylation is 1. The van der Waals surface area contributed by atoms with E-state index in [9.17, 15) is 0 Å². The number of hydrogen-bond donors (Lipinski definition) is 2. The van der Waals surface area contributed by atoms with E-state index in [1.165, 1.54) is 24.8 Å². The van der Waals surface area contributed by atoms with Gasteiger partial charge in [-0.05, 0) is 43.9 Å². The molecule has 0 radical (unpaired) electrons. The molecule has 3 aromatic rings. The minimum atomic E-state index is 0.507. The first kappa shape index (κ1) is 17.3. The van der Waals surface area contributed by atoms with E-state index in [-0.39, 0.29) is 0 Å². The highest BCUT2D eigenvalue weighted by molar-refractivity contribution is 5.85. The van der Waals surface area contributed by atoms with Crippen LogP contribution in [0.15, 0.2) is 54.6 Å². The van der Waals surface area contributed by atoms with Crippen LogP contribution in [0, 0.1) is 6.92 Å². The van der Waals surface area contributed by atoms with Crippen LogP contribution in [0.4, 0.5) is 23.3 Å². The summed E-state index contributed by atoms with van der Waals surface area (Å²) in [5, 5.41) is 3.28. The highest BCUT2D eigenvalue weighted by atomic mass is 15.2. The number of nitrogens with one attached hydrogen (secondary N) is 1. The van der Waals surface area contributed by atoms with Gasteiger partial charge in [-0.3, -0.25) is 0 Å². The predicted molar refractivity (Wildman–Crippen MR) is 112 cm³/mol. The minimum absolute atomic E-state index is 0.507. The number of nitrogens with zero attached hydrogens (tertiary/aromatic N) is 3. The number of piperidine rings is 1. The van der Waals surface area contributed by atoms with Gasteiger partial charge >= 0.3 is 0 Å². The number of rotatable bonds is 4. The summed E-state index contributed by atoms with van der Waals surface area (Å²) in [5.41, 5.74) is 10.6. The number of hydrogen-bond acceptors (Lipinski definition) is 5. The van der Waals surface area contributed by atoms with Gasteiger partial charge in [-0.25, -0.2) is 0 Å². The molecule has 0 amide bonds. The lowest BCUT2D eigenvalue weighted by atomic mass is 10.0. The van der Waals surface area contributed by atoms with Gasteiger partial charge in [-0.15, -0.1) is 0 Å². The first-order valence-electron chi connectivity index (χ1n) is 9.52. The zero-order valence-corrected chi connectivity index (χ0v) is 15.7.